The van der Waals surface area contributed by atoms with E-state index < -0.39 is 7.32 Å². The summed E-state index contributed by atoms with van der Waals surface area (Å²) in [4.78, 5) is 4.83. The molecule has 16 aromatic heterocycles. The molecule has 2 N–H and O–H groups in total. The molecule has 20 aromatic rings. The number of aromatic nitrogens is 16. The Morgan fingerprint density at radius 1 is 0.320 bits per heavy atom. The minimum Gasteiger partial charge on any atom is -0.421 e. The van der Waals surface area contributed by atoms with Gasteiger partial charge in [0.05, 0.1) is 37.7 Å². The Morgan fingerprint density at radius 3 is 1.03 bits per heavy atom. The van der Waals surface area contributed by atoms with Crippen molar-refractivity contribution >= 4 is 145 Å². The summed E-state index contributed by atoms with van der Waals surface area (Å²) < 4.78 is 40.8. The highest BCUT2D eigenvalue weighted by Gasteiger charge is 2.61. The summed E-state index contributed by atoms with van der Waals surface area (Å²) in [6.45, 7) is 52.3. The van der Waals surface area contributed by atoms with Crippen LogP contribution in [0.15, 0.2) is 177 Å². The van der Waals surface area contributed by atoms with E-state index in [2.05, 4.69) is 389 Å². The highest BCUT2D eigenvalue weighted by molar-refractivity contribution is 6.33. The second-order valence-corrected chi connectivity index (χ2v) is 44.6. The first-order valence-electron chi connectivity index (χ1n) is 46.1. The SMILES string of the molecule is CC1(C)c2ccn(OB(O)O)c3c4cccc5c4c4[n+](cc([n+]4c23)C1(C)C)C5.C[n+]1ccc2c3c1c1cccc4c1c1n3c(c[n+]1C4)C(C)(C)C2(C)C.C[n+]1ccc2c3c1c1cccc4c1c1n3c(c[n+]1C4)C(C)(C)C2(C)C.C[n+]1ccc2c3c1c1cccc4c1c1n3c(c[n+]1C4)C(C)(C)C2(C)C.C[n+]1ccc2c3c1c1nccc4c1c1n3c(c[n+]1C4)C(C)(C)C2(C)C. The minimum atomic E-state index is -1.89. The fourth-order valence-electron chi connectivity index (χ4n) is 26.2. The van der Waals surface area contributed by atoms with E-state index in [0.717, 1.165) is 54.7 Å². The summed E-state index contributed by atoms with van der Waals surface area (Å²) in [6.07, 6.45) is 24.6. The van der Waals surface area contributed by atoms with E-state index in [4.69, 9.17) is 9.74 Å². The molecular formula is C108H113BN16O3+10. The van der Waals surface area contributed by atoms with Gasteiger partial charge in [-0.25, -0.2) is 23.3 Å². The number of benzene rings is 4. The van der Waals surface area contributed by atoms with Crippen molar-refractivity contribution in [3.8, 4) is 0 Å². The number of rotatable bonds is 2. The fraction of sp³-hybridized carbons (Fsp3) is 0.361. The first-order chi connectivity index (χ1) is 60.6. The molecule has 30 rings (SSSR count). The van der Waals surface area contributed by atoms with Crippen molar-refractivity contribution < 1.29 is 60.3 Å². The van der Waals surface area contributed by atoms with Gasteiger partial charge < -0.3 is 14.8 Å². The van der Waals surface area contributed by atoms with Gasteiger partial charge in [0.15, 0.2) is 65.1 Å². The fourth-order valence-corrected chi connectivity index (χ4v) is 26.2. The molecule has 20 heteroatoms. The van der Waals surface area contributed by atoms with Crippen LogP contribution < -0.4 is 50.3 Å². The maximum Gasteiger partial charge on any atom is 0.728 e. The number of fused-ring (bicyclic) bond motifs is 5. The first-order valence-corrected chi connectivity index (χ1v) is 46.1. The average Bonchev–Trinajstić information content (AvgIpc) is 1.51. The molecule has 0 bridgehead atoms. The Hall–Kier alpha value is -12.4. The molecule has 26 heterocycles. The van der Waals surface area contributed by atoms with E-state index in [0.29, 0.717) is 0 Å². The predicted molar refractivity (Wildman–Crippen MR) is 498 cm³/mol. The zero-order valence-electron chi connectivity index (χ0n) is 78.3. The molecule has 0 saturated carbocycles. The molecule has 0 amide bonds. The van der Waals surface area contributed by atoms with Crippen molar-refractivity contribution in [3.63, 3.8) is 0 Å². The third kappa shape index (κ3) is 8.50. The van der Waals surface area contributed by atoms with Gasteiger partial charge in [-0.15, -0.1) is 4.57 Å². The van der Waals surface area contributed by atoms with Crippen LogP contribution in [0.4, 0.5) is 0 Å². The molecule has 0 saturated heterocycles. The van der Waals surface area contributed by atoms with Crippen LogP contribution in [0.5, 0.6) is 0 Å². The summed E-state index contributed by atoms with van der Waals surface area (Å²) in [5, 5.41) is 31.1. The quantitative estimate of drug-likeness (QED) is 0.102. The third-order valence-electron chi connectivity index (χ3n) is 36.7. The van der Waals surface area contributed by atoms with E-state index in [1.165, 1.54) is 204 Å². The second kappa shape index (κ2) is 23.4. The molecule has 636 valence electrons. The lowest BCUT2D eigenvalue weighted by atomic mass is 9.61. The van der Waals surface area contributed by atoms with E-state index in [-0.39, 0.29) is 54.1 Å². The van der Waals surface area contributed by atoms with Crippen LogP contribution in [0.2, 0.25) is 0 Å². The van der Waals surface area contributed by atoms with Gasteiger partial charge in [-0.3, -0.25) is 0 Å². The molecule has 0 atom stereocenters. The normalized spacial score (nSPS) is 18.9. The van der Waals surface area contributed by atoms with Gasteiger partial charge in [-0.2, -0.15) is 40.6 Å². The van der Waals surface area contributed by atoms with Crippen molar-refractivity contribution in [2.45, 2.75) is 225 Å². The highest BCUT2D eigenvalue weighted by Crippen LogP contribution is 2.58. The van der Waals surface area contributed by atoms with Gasteiger partial charge in [-0.1, -0.05) is 184 Å². The Kier molecular flexibility index (Phi) is 14.0. The van der Waals surface area contributed by atoms with Crippen molar-refractivity contribution in [2.24, 2.45) is 28.2 Å². The predicted octanol–water partition coefficient (Wildman–Crippen LogP) is 13.7. The molecule has 0 fully saturated rings. The molecule has 10 aliphatic rings. The maximum absolute atomic E-state index is 9.50. The van der Waals surface area contributed by atoms with E-state index in [9.17, 15) is 10.0 Å². The average molecular weight is 1690 g/mol. The largest absolute Gasteiger partial charge is 0.728 e. The van der Waals surface area contributed by atoms with Gasteiger partial charge in [-0.05, 0) is 44.2 Å². The molecule has 10 aliphatic heterocycles. The van der Waals surface area contributed by atoms with Gasteiger partial charge in [0.1, 0.15) is 89.9 Å². The number of pyridine rings is 11. The number of imidazole rings is 5. The zero-order chi connectivity index (χ0) is 88.8. The van der Waals surface area contributed by atoms with Crippen LogP contribution in [-0.2, 0) is 115 Å². The van der Waals surface area contributed by atoms with E-state index in [1.54, 1.807) is 6.20 Å². The monoisotopic (exact) mass is 1690 g/mol. The van der Waals surface area contributed by atoms with E-state index >= 15 is 0 Å². The van der Waals surface area contributed by atoms with Crippen LogP contribution >= 0.6 is 0 Å². The minimum absolute atomic E-state index is 0.0447. The molecule has 0 aliphatic carbocycles. The molecule has 128 heavy (non-hydrogen) atoms. The van der Waals surface area contributed by atoms with Crippen molar-refractivity contribution in [3.05, 3.63) is 261 Å². The summed E-state index contributed by atoms with van der Waals surface area (Å²) in [6, 6.07) is 40.3. The Morgan fingerprint density at radius 2 is 0.648 bits per heavy atom. The van der Waals surface area contributed by atoms with Gasteiger partial charge in [0, 0.05) is 146 Å². The molecular weight excluding hydrogens is 1580 g/mol. The molecule has 4 aromatic carbocycles. The maximum atomic E-state index is 9.50. The van der Waals surface area contributed by atoms with Crippen LogP contribution in [0, 0.1) is 0 Å². The molecule has 0 spiro atoms. The van der Waals surface area contributed by atoms with Gasteiger partial charge in [0.2, 0.25) is 33.8 Å². The number of hydrogen-bond donors (Lipinski definition) is 2. The van der Waals surface area contributed by atoms with Crippen LogP contribution in [-0.4, -0.2) is 44.7 Å². The summed E-state index contributed by atoms with van der Waals surface area (Å²) >= 11 is 0. The Bertz CT molecular complexity index is 8000. The van der Waals surface area contributed by atoms with Crippen LogP contribution in [0.25, 0.3) is 137 Å². The van der Waals surface area contributed by atoms with Gasteiger partial charge >= 0.3 is 13.0 Å². The summed E-state index contributed by atoms with van der Waals surface area (Å²) in [5.74, 6) is 0. The highest BCUT2D eigenvalue weighted by atomic mass is 16.7. The van der Waals surface area contributed by atoms with Gasteiger partial charge in [0.25, 0.3) is 50.3 Å². The number of aryl methyl sites for hydroxylation is 4. The van der Waals surface area contributed by atoms with Crippen LogP contribution in [0.1, 0.15) is 223 Å². The lowest BCUT2D eigenvalue weighted by Gasteiger charge is -2.42. The second-order valence-electron chi connectivity index (χ2n) is 44.6. The molecule has 0 unspecified atom stereocenters. The standard InChI is InChI=1S/3C22H23N3.C21H22BN3O3.C21H22N4/c3*1-21(2)15-9-10-23(5)18-14-8-6-7-13-11-24-12-16(22(21,3)4)25(19(15)18)20(24)17(13)14;1-20(2)14-8-9-24(28-22(26)27)17-13-7-5-6-12-10-23-11-15(21(20,3)4)25(18(14)17)19(23)16(12)13;1-20(2)13-7-9-23(5)18-16-15-12(6-8-22-16)10-24-11-14(21(20,3)4)25(17(13)18)19(15)24/h3*6-10,12H,11H2,1-5H3;5-9,11,26-27H,10H2,1-4H3;6-9,11H,10H2,1-5H3/q5*+2. The zero-order valence-corrected chi connectivity index (χ0v) is 78.3. The van der Waals surface area contributed by atoms with Crippen molar-refractivity contribution in [1.29, 1.82) is 0 Å². The number of nitrogens with zero attached hydrogens (tertiary/aromatic N) is 16. The third-order valence-corrected chi connectivity index (χ3v) is 36.7. The van der Waals surface area contributed by atoms with E-state index in [1.807, 2.05) is 12.3 Å². The molecule has 19 nitrogen and oxygen atoms in total. The lowest BCUT2D eigenvalue weighted by molar-refractivity contribution is -0.689. The van der Waals surface area contributed by atoms with Crippen molar-refractivity contribution in [2.75, 3.05) is 0 Å². The lowest BCUT2D eigenvalue weighted by Crippen LogP contribution is -2.51. The van der Waals surface area contributed by atoms with Crippen LogP contribution in [0.3, 0.4) is 0 Å². The molecule has 0 radical (unpaired) electrons. The summed E-state index contributed by atoms with van der Waals surface area (Å²) in [7, 11) is 6.79. The summed E-state index contributed by atoms with van der Waals surface area (Å²) in [5.41, 5.74) is 41.9. The number of hydrogen-bond acceptors (Lipinski definition) is 4. The first kappa shape index (κ1) is 76.8. The van der Waals surface area contributed by atoms with Crippen molar-refractivity contribution in [1.82, 2.24) is 27.3 Å². The Labute approximate surface area is 742 Å². The topological polar surface area (TPSA) is 124 Å². The Balaban J connectivity index is 0.0000000847. The smallest absolute Gasteiger partial charge is 0.421 e.